The minimum atomic E-state index is 0.488. The molecular weight excluding hydrogens is 707 g/mol. The Morgan fingerprint density at radius 2 is 0.897 bits per heavy atom. The first-order chi connectivity index (χ1) is 28.5. The number of anilines is 7. The van der Waals surface area contributed by atoms with E-state index in [1.165, 1.54) is 11.3 Å². The number of hydrogen-bond acceptors (Lipinski definition) is 4. The Balaban J connectivity index is 1.10. The van der Waals surface area contributed by atoms with Gasteiger partial charge in [0, 0.05) is 52.9 Å². The summed E-state index contributed by atoms with van der Waals surface area (Å²) in [6.07, 6.45) is 7.82. The molecule has 0 fully saturated rings. The fourth-order valence-electron chi connectivity index (χ4n) is 7.07. The van der Waals surface area contributed by atoms with Gasteiger partial charge in [-0.2, -0.15) is 5.26 Å². The topological polar surface area (TPSA) is 37.9 Å². The summed E-state index contributed by atoms with van der Waals surface area (Å²) in [5.41, 5.74) is 13.2. The monoisotopic (exact) mass is 751 g/mol. The predicted octanol–water partition coefficient (Wildman–Crippen LogP) is 14.5. The Labute approximate surface area is 343 Å². The largest absolute Gasteiger partial charge is 0.372 e. The molecule has 5 heteroatoms. The molecule has 0 amide bonds. The maximum Gasteiger partial charge on any atom is 0.194 e. The van der Waals surface area contributed by atoms with Crippen LogP contribution in [0, 0.1) is 24.8 Å². The molecule has 0 bridgehead atoms. The highest BCUT2D eigenvalue weighted by Gasteiger charge is 2.14. The molecule has 5 nitrogen and oxygen atoms in total. The molecule has 0 aromatic heterocycles. The van der Waals surface area contributed by atoms with E-state index >= 15 is 0 Å². The molecule has 0 atom stereocenters. The standard InChI is InChI=1S/C53H45N5/c1-5-56(6-2)46-33-35-52(36-34-46)58(48-15-11-8-12-16-48)51-29-21-41(22-30-51)19-25-43-38-53(55-4)44(37-45(43)39-54)26-20-42-23-31-50(32-24-42)57(47-13-9-7-10-14-47)49-27-17-40(3)18-28-49/h7-38H,5-6H2,1-3H3/b25-19+,26-20+. The third-order valence-corrected chi connectivity index (χ3v) is 10.2. The van der Waals surface area contributed by atoms with E-state index < -0.39 is 0 Å². The van der Waals surface area contributed by atoms with Gasteiger partial charge in [-0.1, -0.05) is 103 Å². The van der Waals surface area contributed by atoms with Crippen LogP contribution in [0.4, 0.5) is 45.5 Å². The molecule has 0 heterocycles. The molecule has 7 rings (SSSR count). The van der Waals surface area contributed by atoms with Crippen molar-refractivity contribution in [3.63, 3.8) is 0 Å². The first kappa shape index (κ1) is 38.7. The molecule has 0 N–H and O–H groups in total. The molecule has 0 aliphatic heterocycles. The maximum atomic E-state index is 10.2. The lowest BCUT2D eigenvalue weighted by Gasteiger charge is -2.27. The molecule has 0 saturated carbocycles. The van der Waals surface area contributed by atoms with Crippen LogP contribution in [0.25, 0.3) is 29.1 Å². The van der Waals surface area contributed by atoms with Crippen molar-refractivity contribution < 1.29 is 0 Å². The summed E-state index contributed by atoms with van der Waals surface area (Å²) >= 11 is 0. The number of hydrogen-bond donors (Lipinski definition) is 0. The minimum absolute atomic E-state index is 0.488. The highest BCUT2D eigenvalue weighted by molar-refractivity contribution is 5.84. The predicted molar refractivity (Wildman–Crippen MR) is 246 cm³/mol. The molecule has 0 aliphatic carbocycles. The van der Waals surface area contributed by atoms with E-state index in [0.717, 1.165) is 58.3 Å². The average molecular weight is 752 g/mol. The summed E-state index contributed by atoms with van der Waals surface area (Å²) in [5.74, 6) is 0. The third kappa shape index (κ3) is 8.92. The highest BCUT2D eigenvalue weighted by Crippen LogP contribution is 2.37. The van der Waals surface area contributed by atoms with Gasteiger partial charge in [0.25, 0.3) is 0 Å². The second-order valence-corrected chi connectivity index (χ2v) is 13.9. The van der Waals surface area contributed by atoms with E-state index in [9.17, 15) is 5.26 Å². The number of aryl methyl sites for hydroxylation is 1. The van der Waals surface area contributed by atoms with Gasteiger partial charge in [0.05, 0.1) is 18.2 Å². The zero-order valence-electron chi connectivity index (χ0n) is 33.1. The van der Waals surface area contributed by atoms with Gasteiger partial charge < -0.3 is 14.7 Å². The Kier molecular flexibility index (Phi) is 12.2. The molecule has 282 valence electrons. The van der Waals surface area contributed by atoms with Crippen molar-refractivity contribution in [2.24, 2.45) is 0 Å². The Morgan fingerprint density at radius 1 is 0.500 bits per heavy atom. The van der Waals surface area contributed by atoms with E-state index in [0.29, 0.717) is 22.4 Å². The fourth-order valence-corrected chi connectivity index (χ4v) is 7.07. The van der Waals surface area contributed by atoms with Crippen LogP contribution >= 0.6 is 0 Å². The van der Waals surface area contributed by atoms with E-state index in [4.69, 9.17) is 6.57 Å². The fraction of sp³-hybridized carbons (Fsp3) is 0.0943. The lowest BCUT2D eigenvalue weighted by Crippen LogP contribution is -2.21. The summed E-state index contributed by atoms with van der Waals surface area (Å²) in [7, 11) is 0. The van der Waals surface area contributed by atoms with Gasteiger partial charge in [-0.25, -0.2) is 4.85 Å². The van der Waals surface area contributed by atoms with E-state index in [1.807, 2.05) is 48.6 Å². The smallest absolute Gasteiger partial charge is 0.194 e. The molecule has 7 aromatic carbocycles. The molecule has 0 aliphatic rings. The van der Waals surface area contributed by atoms with Crippen molar-refractivity contribution in [3.05, 3.63) is 215 Å². The summed E-state index contributed by atoms with van der Waals surface area (Å²) in [5, 5.41) is 10.2. The molecule has 7 aromatic rings. The lowest BCUT2D eigenvalue weighted by atomic mass is 10.0. The zero-order valence-corrected chi connectivity index (χ0v) is 33.1. The van der Waals surface area contributed by atoms with Gasteiger partial charge in [0.1, 0.15) is 0 Å². The SMILES string of the molecule is [C-]#[N+]c1cc(/C=C/c2ccc(N(c3ccccc3)c3ccc(N(CC)CC)cc3)cc2)c(C#N)cc1/C=C/c1ccc(N(c2ccccc2)c2ccc(C)cc2)cc1. The maximum absolute atomic E-state index is 10.2. The normalized spacial score (nSPS) is 11.0. The van der Waals surface area contributed by atoms with Gasteiger partial charge in [-0.3, -0.25) is 0 Å². The van der Waals surface area contributed by atoms with Crippen LogP contribution < -0.4 is 14.7 Å². The first-order valence-corrected chi connectivity index (χ1v) is 19.6. The second-order valence-electron chi connectivity index (χ2n) is 13.9. The molecule has 0 radical (unpaired) electrons. The molecule has 58 heavy (non-hydrogen) atoms. The number of para-hydroxylation sites is 2. The van der Waals surface area contributed by atoms with E-state index in [1.54, 1.807) is 12.1 Å². The van der Waals surface area contributed by atoms with Crippen molar-refractivity contribution in [2.75, 3.05) is 27.8 Å². The van der Waals surface area contributed by atoms with Crippen LogP contribution in [-0.2, 0) is 0 Å². The van der Waals surface area contributed by atoms with Gasteiger partial charge in [-0.15, -0.1) is 0 Å². The van der Waals surface area contributed by atoms with Crippen LogP contribution in [-0.4, -0.2) is 13.1 Å². The van der Waals surface area contributed by atoms with Gasteiger partial charge in [0.15, 0.2) is 5.69 Å². The number of benzene rings is 7. The Hall–Kier alpha value is -7.60. The second kappa shape index (κ2) is 18.4. The van der Waals surface area contributed by atoms with Crippen LogP contribution in [0.1, 0.15) is 47.2 Å². The first-order valence-electron chi connectivity index (χ1n) is 19.6. The van der Waals surface area contributed by atoms with Crippen molar-refractivity contribution >= 4 is 69.8 Å². The Bertz CT molecular complexity index is 2570. The van der Waals surface area contributed by atoms with Gasteiger partial charge >= 0.3 is 0 Å². The average Bonchev–Trinajstić information content (AvgIpc) is 3.28. The van der Waals surface area contributed by atoms with Crippen molar-refractivity contribution in [2.45, 2.75) is 20.8 Å². The van der Waals surface area contributed by atoms with Crippen LogP contribution in [0.2, 0.25) is 0 Å². The zero-order chi connectivity index (χ0) is 40.3. The number of nitriles is 1. The van der Waals surface area contributed by atoms with E-state index in [2.05, 4.69) is 180 Å². The molecular formula is C53H45N5. The molecule has 0 spiro atoms. The van der Waals surface area contributed by atoms with Crippen LogP contribution in [0.5, 0.6) is 0 Å². The summed E-state index contributed by atoms with van der Waals surface area (Å²) in [6.45, 7) is 16.3. The lowest BCUT2D eigenvalue weighted by molar-refractivity contribution is 0.866. The third-order valence-electron chi connectivity index (χ3n) is 10.2. The van der Waals surface area contributed by atoms with Crippen molar-refractivity contribution in [1.29, 1.82) is 5.26 Å². The van der Waals surface area contributed by atoms with Crippen molar-refractivity contribution in [1.82, 2.24) is 0 Å². The van der Waals surface area contributed by atoms with E-state index in [-0.39, 0.29) is 0 Å². The Morgan fingerprint density at radius 3 is 1.33 bits per heavy atom. The van der Waals surface area contributed by atoms with Crippen molar-refractivity contribution in [3.8, 4) is 6.07 Å². The summed E-state index contributed by atoms with van der Waals surface area (Å²) in [6, 6.07) is 60.6. The molecule has 0 unspecified atom stereocenters. The van der Waals surface area contributed by atoms with Crippen LogP contribution in [0.15, 0.2) is 170 Å². The number of rotatable bonds is 13. The highest BCUT2D eigenvalue weighted by atomic mass is 15.2. The summed E-state index contributed by atoms with van der Waals surface area (Å²) < 4.78 is 0. The molecule has 0 saturated heterocycles. The summed E-state index contributed by atoms with van der Waals surface area (Å²) in [4.78, 5) is 10.7. The van der Waals surface area contributed by atoms with Gasteiger partial charge in [0.2, 0.25) is 0 Å². The number of nitrogens with zero attached hydrogens (tertiary/aromatic N) is 5. The minimum Gasteiger partial charge on any atom is -0.372 e. The van der Waals surface area contributed by atoms with Gasteiger partial charge in [-0.05, 0) is 140 Å². The quantitative estimate of drug-likeness (QED) is 0.0869. The van der Waals surface area contributed by atoms with Crippen LogP contribution in [0.3, 0.4) is 0 Å².